The van der Waals surface area contributed by atoms with Crippen molar-refractivity contribution in [3.8, 4) is 0 Å². The van der Waals surface area contributed by atoms with E-state index in [0.29, 0.717) is 5.02 Å². The molecular weight excluding hydrogens is 316 g/mol. The van der Waals surface area contributed by atoms with Crippen LogP contribution in [0.15, 0.2) is 48.7 Å². The highest BCUT2D eigenvalue weighted by molar-refractivity contribution is 6.30. The van der Waals surface area contributed by atoms with Crippen LogP contribution in [0.1, 0.15) is 29.1 Å². The minimum atomic E-state index is -0.794. The van der Waals surface area contributed by atoms with E-state index in [9.17, 15) is 9.90 Å². The van der Waals surface area contributed by atoms with Gasteiger partial charge in [0.1, 0.15) is 5.69 Å². The summed E-state index contributed by atoms with van der Waals surface area (Å²) in [7, 11) is 0. The van der Waals surface area contributed by atoms with E-state index >= 15 is 0 Å². The van der Waals surface area contributed by atoms with E-state index in [4.69, 9.17) is 16.3 Å². The van der Waals surface area contributed by atoms with Crippen LogP contribution >= 0.6 is 11.6 Å². The Labute approximate surface area is 140 Å². The first kappa shape index (κ1) is 17.4. The van der Waals surface area contributed by atoms with Crippen LogP contribution in [0.25, 0.3) is 0 Å². The minimum absolute atomic E-state index is 0.0879. The fourth-order valence-corrected chi connectivity index (χ4v) is 2.06. The molecule has 1 amide bonds. The van der Waals surface area contributed by atoms with Gasteiger partial charge in [0.15, 0.2) is 0 Å². The summed E-state index contributed by atoms with van der Waals surface area (Å²) in [6, 6.07) is 12.8. The molecule has 0 spiro atoms. The van der Waals surface area contributed by atoms with Crippen LogP contribution in [0.5, 0.6) is 0 Å². The Hall–Kier alpha value is -1.95. The molecule has 0 radical (unpaired) electrons. The van der Waals surface area contributed by atoms with Gasteiger partial charge < -0.3 is 15.2 Å². The number of amides is 1. The van der Waals surface area contributed by atoms with Crippen LogP contribution in [0.2, 0.25) is 5.02 Å². The van der Waals surface area contributed by atoms with E-state index in [1.807, 2.05) is 37.3 Å². The number of hydrogen-bond acceptors (Lipinski definition) is 4. The summed E-state index contributed by atoms with van der Waals surface area (Å²) in [5.41, 5.74) is 1.29. The number of ether oxygens (including phenoxy) is 1. The summed E-state index contributed by atoms with van der Waals surface area (Å²) in [6.45, 7) is 2.13. The van der Waals surface area contributed by atoms with Gasteiger partial charge in [-0.1, -0.05) is 41.9 Å². The van der Waals surface area contributed by atoms with Gasteiger partial charge in [0.25, 0.3) is 5.91 Å². The summed E-state index contributed by atoms with van der Waals surface area (Å²) in [4.78, 5) is 15.8. The molecule has 1 aromatic heterocycles. The number of aliphatic hydroxyl groups excluding tert-OH is 1. The molecule has 0 saturated heterocycles. The number of nitrogens with one attached hydrogen (secondary N) is 1. The van der Waals surface area contributed by atoms with Crippen molar-refractivity contribution in [2.75, 3.05) is 13.2 Å². The number of aliphatic hydroxyl groups is 1. The molecule has 2 atom stereocenters. The SMILES string of the molecule is C[C@@H](OC[C@H](O)CNC(=O)c1ccc(Cl)cn1)c1ccccc1. The Kier molecular flexibility index (Phi) is 6.52. The number of carbonyl (C=O) groups excluding carboxylic acids is 1. The summed E-state index contributed by atoms with van der Waals surface area (Å²) >= 11 is 5.71. The lowest BCUT2D eigenvalue weighted by atomic mass is 10.1. The minimum Gasteiger partial charge on any atom is -0.389 e. The van der Waals surface area contributed by atoms with Crippen molar-refractivity contribution in [3.05, 3.63) is 64.9 Å². The Morgan fingerprint density at radius 2 is 2.04 bits per heavy atom. The second-order valence-corrected chi connectivity index (χ2v) is 5.55. The van der Waals surface area contributed by atoms with Gasteiger partial charge >= 0.3 is 0 Å². The Morgan fingerprint density at radius 1 is 1.30 bits per heavy atom. The van der Waals surface area contributed by atoms with Crippen LogP contribution in [-0.4, -0.2) is 35.3 Å². The first-order chi connectivity index (χ1) is 11.1. The highest BCUT2D eigenvalue weighted by Gasteiger charge is 2.12. The maximum absolute atomic E-state index is 11.9. The maximum Gasteiger partial charge on any atom is 0.269 e. The van der Waals surface area contributed by atoms with E-state index in [1.54, 1.807) is 6.07 Å². The zero-order chi connectivity index (χ0) is 16.7. The normalized spacial score (nSPS) is 13.3. The molecule has 0 bridgehead atoms. The maximum atomic E-state index is 11.9. The second kappa shape index (κ2) is 8.62. The van der Waals surface area contributed by atoms with Gasteiger partial charge in [0, 0.05) is 12.7 Å². The number of nitrogens with zero attached hydrogens (tertiary/aromatic N) is 1. The predicted octanol–water partition coefficient (Wildman–Crippen LogP) is 2.60. The number of benzene rings is 1. The van der Waals surface area contributed by atoms with Gasteiger partial charge in [-0.2, -0.15) is 0 Å². The first-order valence-corrected chi connectivity index (χ1v) is 7.68. The number of carbonyl (C=O) groups is 1. The van der Waals surface area contributed by atoms with Crippen molar-refractivity contribution < 1.29 is 14.6 Å². The standard InChI is InChI=1S/C17H19ClN2O3/c1-12(13-5-3-2-4-6-13)23-11-15(21)10-20-17(22)16-8-7-14(18)9-19-16/h2-9,12,15,21H,10-11H2,1H3,(H,20,22)/t12-,15-/m1/s1. The van der Waals surface area contributed by atoms with Gasteiger partial charge in [-0.05, 0) is 24.6 Å². The Bertz CT molecular complexity index is 619. The fraction of sp³-hybridized carbons (Fsp3) is 0.294. The fourth-order valence-electron chi connectivity index (χ4n) is 1.95. The third-order valence-corrected chi connectivity index (χ3v) is 3.49. The quantitative estimate of drug-likeness (QED) is 0.816. The Balaban J connectivity index is 1.73. The van der Waals surface area contributed by atoms with Crippen molar-refractivity contribution in [2.45, 2.75) is 19.1 Å². The average Bonchev–Trinajstić information content (AvgIpc) is 2.59. The predicted molar refractivity (Wildman–Crippen MR) is 88.4 cm³/mol. The molecule has 1 aromatic carbocycles. The molecule has 0 fully saturated rings. The smallest absolute Gasteiger partial charge is 0.269 e. The molecule has 2 N–H and O–H groups in total. The van der Waals surface area contributed by atoms with Gasteiger partial charge in [0.05, 0.1) is 23.8 Å². The van der Waals surface area contributed by atoms with Gasteiger partial charge in [-0.25, -0.2) is 4.98 Å². The molecule has 23 heavy (non-hydrogen) atoms. The third kappa shape index (κ3) is 5.63. The largest absolute Gasteiger partial charge is 0.389 e. The second-order valence-electron chi connectivity index (χ2n) is 5.11. The van der Waals surface area contributed by atoms with Crippen molar-refractivity contribution >= 4 is 17.5 Å². The number of halogens is 1. The van der Waals surface area contributed by atoms with Gasteiger partial charge in [0.2, 0.25) is 0 Å². The molecule has 0 aliphatic carbocycles. The molecule has 0 unspecified atom stereocenters. The highest BCUT2D eigenvalue weighted by Crippen LogP contribution is 2.15. The highest BCUT2D eigenvalue weighted by atomic mass is 35.5. The Morgan fingerprint density at radius 3 is 2.70 bits per heavy atom. The molecule has 0 aliphatic heterocycles. The number of aromatic nitrogens is 1. The van der Waals surface area contributed by atoms with Crippen molar-refractivity contribution in [3.63, 3.8) is 0 Å². The summed E-state index contributed by atoms with van der Waals surface area (Å²) in [6.07, 6.45) is 0.481. The van der Waals surface area contributed by atoms with Crippen LogP contribution in [0.4, 0.5) is 0 Å². The van der Waals surface area contributed by atoms with Crippen molar-refractivity contribution in [2.24, 2.45) is 0 Å². The van der Waals surface area contributed by atoms with E-state index < -0.39 is 6.10 Å². The molecule has 0 aliphatic rings. The van der Waals surface area contributed by atoms with Crippen molar-refractivity contribution in [1.82, 2.24) is 10.3 Å². The summed E-state index contributed by atoms with van der Waals surface area (Å²) < 4.78 is 5.61. The molecule has 2 rings (SSSR count). The summed E-state index contributed by atoms with van der Waals surface area (Å²) in [5, 5.41) is 13.0. The number of rotatable bonds is 7. The van der Waals surface area contributed by atoms with Gasteiger partial charge in [-0.3, -0.25) is 4.79 Å². The topological polar surface area (TPSA) is 71.5 Å². The zero-order valence-electron chi connectivity index (χ0n) is 12.8. The van der Waals surface area contributed by atoms with Crippen molar-refractivity contribution in [1.29, 1.82) is 0 Å². The lowest BCUT2D eigenvalue weighted by Gasteiger charge is -2.17. The van der Waals surface area contributed by atoms with Crippen LogP contribution in [0, 0.1) is 0 Å². The molecule has 6 heteroatoms. The van der Waals surface area contributed by atoms with E-state index in [2.05, 4.69) is 10.3 Å². The van der Waals surface area contributed by atoms with E-state index in [1.165, 1.54) is 12.3 Å². The van der Waals surface area contributed by atoms with E-state index in [-0.39, 0.29) is 30.9 Å². The summed E-state index contributed by atoms with van der Waals surface area (Å²) in [5.74, 6) is -0.364. The molecular formula is C17H19ClN2O3. The molecule has 122 valence electrons. The van der Waals surface area contributed by atoms with Gasteiger partial charge in [-0.15, -0.1) is 0 Å². The average molecular weight is 335 g/mol. The van der Waals surface area contributed by atoms with E-state index in [0.717, 1.165) is 5.56 Å². The van der Waals surface area contributed by atoms with Crippen LogP contribution < -0.4 is 5.32 Å². The molecule has 2 aromatic rings. The lowest BCUT2D eigenvalue weighted by Crippen LogP contribution is -2.35. The molecule has 0 saturated carbocycles. The monoisotopic (exact) mass is 334 g/mol. The number of pyridine rings is 1. The number of hydrogen-bond donors (Lipinski definition) is 2. The molecule has 1 heterocycles. The van der Waals surface area contributed by atoms with Crippen LogP contribution in [-0.2, 0) is 4.74 Å². The third-order valence-electron chi connectivity index (χ3n) is 3.27. The van der Waals surface area contributed by atoms with Crippen LogP contribution in [0.3, 0.4) is 0 Å². The molecule has 5 nitrogen and oxygen atoms in total. The zero-order valence-corrected chi connectivity index (χ0v) is 13.5. The lowest BCUT2D eigenvalue weighted by molar-refractivity contribution is -0.00173. The first-order valence-electron chi connectivity index (χ1n) is 7.30.